The van der Waals surface area contributed by atoms with Gasteiger partial charge in [0.25, 0.3) is 0 Å². The van der Waals surface area contributed by atoms with Gasteiger partial charge in [0.2, 0.25) is 0 Å². The lowest BCUT2D eigenvalue weighted by atomic mass is 10.1. The van der Waals surface area contributed by atoms with Gasteiger partial charge in [-0.2, -0.15) is 10.5 Å². The second-order valence-electron chi connectivity index (χ2n) is 3.95. The quantitative estimate of drug-likeness (QED) is 0.291. The molecule has 108 valence electrons. The summed E-state index contributed by atoms with van der Waals surface area (Å²) in [6.07, 6.45) is 2.94. The highest BCUT2D eigenvalue weighted by Gasteiger charge is 2.23. The maximum absolute atomic E-state index is 11.6. The molecule has 0 aromatic carbocycles. The molecule has 0 saturated heterocycles. The molecule has 0 fully saturated rings. The number of hydrogen-bond acceptors (Lipinski definition) is 6. The number of ether oxygens (including phenoxy) is 2. The molecule has 0 rings (SSSR count). The fraction of sp³-hybridized carbons (Fsp3) is 0.571. The molecule has 0 radical (unpaired) electrons. The van der Waals surface area contributed by atoms with E-state index >= 15 is 0 Å². The Hall–Kier alpha value is -2.34. The molecular formula is C14H18N2O4. The fourth-order valence-corrected chi connectivity index (χ4v) is 1.17. The Morgan fingerprint density at radius 1 is 0.850 bits per heavy atom. The van der Waals surface area contributed by atoms with Crippen LogP contribution in [0.3, 0.4) is 0 Å². The van der Waals surface area contributed by atoms with Crippen molar-refractivity contribution in [3.63, 3.8) is 0 Å². The van der Waals surface area contributed by atoms with Crippen LogP contribution in [0.4, 0.5) is 0 Å². The second kappa shape index (κ2) is 10.6. The fourth-order valence-electron chi connectivity index (χ4n) is 1.17. The highest BCUT2D eigenvalue weighted by molar-refractivity contribution is 6.05. The van der Waals surface area contributed by atoms with Gasteiger partial charge in [0, 0.05) is 0 Å². The molecule has 0 N–H and O–H groups in total. The van der Waals surface area contributed by atoms with E-state index in [4.69, 9.17) is 20.0 Å². The van der Waals surface area contributed by atoms with Crippen molar-refractivity contribution in [1.29, 1.82) is 10.5 Å². The number of esters is 2. The first kappa shape index (κ1) is 17.7. The van der Waals surface area contributed by atoms with E-state index in [0.29, 0.717) is 12.8 Å². The Morgan fingerprint density at radius 3 is 1.45 bits per heavy atom. The average Bonchev–Trinajstić information content (AvgIpc) is 2.44. The molecule has 0 heterocycles. The highest BCUT2D eigenvalue weighted by Crippen LogP contribution is 2.09. The predicted octanol–water partition coefficient (Wildman–Crippen LogP) is 2.02. The molecule has 0 aromatic rings. The lowest BCUT2D eigenvalue weighted by Gasteiger charge is -2.05. The SMILES string of the molecule is CCCCOC(=O)/C(C#N)=C(\C#N)C(=O)OCCCC. The van der Waals surface area contributed by atoms with Crippen LogP contribution in [0.5, 0.6) is 0 Å². The smallest absolute Gasteiger partial charge is 0.350 e. The van der Waals surface area contributed by atoms with Crippen LogP contribution in [-0.4, -0.2) is 25.2 Å². The van der Waals surface area contributed by atoms with Gasteiger partial charge in [0.1, 0.15) is 12.1 Å². The summed E-state index contributed by atoms with van der Waals surface area (Å²) < 4.78 is 9.63. The van der Waals surface area contributed by atoms with Gasteiger partial charge < -0.3 is 9.47 Å². The van der Waals surface area contributed by atoms with Gasteiger partial charge in [0.05, 0.1) is 13.2 Å². The van der Waals surface area contributed by atoms with Crippen molar-refractivity contribution in [2.75, 3.05) is 13.2 Å². The molecular weight excluding hydrogens is 260 g/mol. The van der Waals surface area contributed by atoms with Gasteiger partial charge in [-0.3, -0.25) is 0 Å². The second-order valence-corrected chi connectivity index (χ2v) is 3.95. The largest absolute Gasteiger partial charge is 0.462 e. The van der Waals surface area contributed by atoms with E-state index in [1.165, 1.54) is 12.1 Å². The summed E-state index contributed by atoms with van der Waals surface area (Å²) in [5, 5.41) is 17.8. The van der Waals surface area contributed by atoms with Crippen LogP contribution in [0.2, 0.25) is 0 Å². The first-order valence-corrected chi connectivity index (χ1v) is 6.51. The van der Waals surface area contributed by atoms with E-state index in [0.717, 1.165) is 12.8 Å². The van der Waals surface area contributed by atoms with E-state index in [-0.39, 0.29) is 13.2 Å². The average molecular weight is 278 g/mol. The molecule has 0 aliphatic carbocycles. The minimum Gasteiger partial charge on any atom is -0.462 e. The van der Waals surface area contributed by atoms with Crippen molar-refractivity contribution in [1.82, 2.24) is 0 Å². The molecule has 0 saturated carbocycles. The minimum absolute atomic E-state index is 0.143. The Morgan fingerprint density at radius 2 is 1.20 bits per heavy atom. The van der Waals surface area contributed by atoms with Gasteiger partial charge in [-0.25, -0.2) is 9.59 Å². The number of carbonyl (C=O) groups is 2. The number of rotatable bonds is 8. The highest BCUT2D eigenvalue weighted by atomic mass is 16.5. The molecule has 0 aliphatic rings. The van der Waals surface area contributed by atoms with Crippen molar-refractivity contribution in [3.05, 3.63) is 11.1 Å². The third-order valence-corrected chi connectivity index (χ3v) is 2.34. The maximum Gasteiger partial charge on any atom is 0.350 e. The molecule has 0 amide bonds. The van der Waals surface area contributed by atoms with Crippen LogP contribution in [0, 0.1) is 22.7 Å². The Labute approximate surface area is 118 Å². The molecule has 6 nitrogen and oxygen atoms in total. The number of nitriles is 2. The maximum atomic E-state index is 11.6. The lowest BCUT2D eigenvalue weighted by Crippen LogP contribution is -2.16. The van der Waals surface area contributed by atoms with Crippen molar-refractivity contribution < 1.29 is 19.1 Å². The summed E-state index contributed by atoms with van der Waals surface area (Å²) >= 11 is 0. The Bertz CT molecular complexity index is 413. The van der Waals surface area contributed by atoms with Gasteiger partial charge >= 0.3 is 11.9 Å². The zero-order chi connectivity index (χ0) is 15.4. The molecule has 0 aliphatic heterocycles. The van der Waals surface area contributed by atoms with E-state index < -0.39 is 23.1 Å². The van der Waals surface area contributed by atoms with Gasteiger partial charge in [-0.15, -0.1) is 0 Å². The van der Waals surface area contributed by atoms with Crippen molar-refractivity contribution >= 4 is 11.9 Å². The first-order valence-electron chi connectivity index (χ1n) is 6.51. The molecule has 0 atom stereocenters. The van der Waals surface area contributed by atoms with Gasteiger partial charge in [0.15, 0.2) is 11.1 Å². The summed E-state index contributed by atoms with van der Waals surface area (Å²) in [6.45, 7) is 4.12. The minimum atomic E-state index is -0.968. The van der Waals surface area contributed by atoms with E-state index in [2.05, 4.69) is 0 Å². The molecule has 6 heteroatoms. The van der Waals surface area contributed by atoms with Gasteiger partial charge in [-0.05, 0) is 12.8 Å². The van der Waals surface area contributed by atoms with E-state index in [1.807, 2.05) is 13.8 Å². The zero-order valence-corrected chi connectivity index (χ0v) is 11.8. The van der Waals surface area contributed by atoms with Crippen LogP contribution in [0.1, 0.15) is 39.5 Å². The van der Waals surface area contributed by atoms with Crippen LogP contribution in [0.15, 0.2) is 11.1 Å². The van der Waals surface area contributed by atoms with Crippen molar-refractivity contribution in [2.24, 2.45) is 0 Å². The van der Waals surface area contributed by atoms with Crippen LogP contribution in [0.25, 0.3) is 0 Å². The predicted molar refractivity (Wildman–Crippen MR) is 70.0 cm³/mol. The van der Waals surface area contributed by atoms with Crippen LogP contribution >= 0.6 is 0 Å². The van der Waals surface area contributed by atoms with Crippen LogP contribution < -0.4 is 0 Å². The standard InChI is InChI=1S/C14H18N2O4/c1-3-5-7-19-13(17)11(9-15)12(10-16)14(18)20-8-6-4-2/h3-8H2,1-2H3/b12-11+. The summed E-state index contributed by atoms with van der Waals surface area (Å²) in [4.78, 5) is 23.2. The zero-order valence-electron chi connectivity index (χ0n) is 11.8. The van der Waals surface area contributed by atoms with Crippen LogP contribution in [-0.2, 0) is 19.1 Å². The van der Waals surface area contributed by atoms with E-state index in [1.54, 1.807) is 0 Å². The third kappa shape index (κ3) is 6.01. The van der Waals surface area contributed by atoms with Crippen molar-refractivity contribution in [3.8, 4) is 12.1 Å². The number of nitrogens with zero attached hydrogens (tertiary/aromatic N) is 2. The molecule has 0 aromatic heterocycles. The Balaban J connectivity index is 4.90. The summed E-state index contributed by atoms with van der Waals surface area (Å²) in [5.74, 6) is -1.94. The van der Waals surface area contributed by atoms with Crippen molar-refractivity contribution in [2.45, 2.75) is 39.5 Å². The molecule has 0 bridgehead atoms. The monoisotopic (exact) mass is 278 g/mol. The lowest BCUT2D eigenvalue weighted by molar-refractivity contribution is -0.141. The van der Waals surface area contributed by atoms with E-state index in [9.17, 15) is 9.59 Å². The molecule has 0 unspecified atom stereocenters. The number of hydrogen-bond donors (Lipinski definition) is 0. The topological polar surface area (TPSA) is 100 Å². The first-order chi connectivity index (χ1) is 9.62. The normalized spacial score (nSPS) is 10.8. The summed E-state index contributed by atoms with van der Waals surface area (Å²) in [5.41, 5.74) is -1.21. The molecule has 20 heavy (non-hydrogen) atoms. The van der Waals surface area contributed by atoms with Gasteiger partial charge in [-0.1, -0.05) is 26.7 Å². The molecule has 0 spiro atoms. The number of unbranched alkanes of at least 4 members (excludes halogenated alkanes) is 2. The number of carbonyl (C=O) groups excluding carboxylic acids is 2. The summed E-state index contributed by atoms with van der Waals surface area (Å²) in [7, 11) is 0. The third-order valence-electron chi connectivity index (χ3n) is 2.34. The Kier molecular flexibility index (Phi) is 9.33. The summed E-state index contributed by atoms with van der Waals surface area (Å²) in [6, 6.07) is 3.07.